The quantitative estimate of drug-likeness (QED) is 0.341. The van der Waals surface area contributed by atoms with Crippen LogP contribution in [0.15, 0.2) is 0 Å². The van der Waals surface area contributed by atoms with E-state index in [0.29, 0.717) is 0 Å². The second kappa shape index (κ2) is 4.53. The first-order valence-corrected chi connectivity index (χ1v) is 5.23. The van der Waals surface area contributed by atoms with Gasteiger partial charge in [-0.1, -0.05) is 0 Å². The van der Waals surface area contributed by atoms with Crippen LogP contribution in [-0.4, -0.2) is 56.1 Å². The van der Waals surface area contributed by atoms with E-state index in [0.717, 1.165) is 0 Å². The number of H-pyrrole nitrogens is 1. The number of primary amides is 1. The molecular formula is C9H14N4O5. The maximum atomic E-state index is 11.0. The normalized spacial score (nSPS) is 31.7. The van der Waals surface area contributed by atoms with E-state index in [1.165, 1.54) is 0 Å². The number of aliphatic hydroxyl groups is 3. The highest BCUT2D eigenvalue weighted by Gasteiger charge is 2.44. The molecule has 9 heteroatoms. The van der Waals surface area contributed by atoms with E-state index in [1.54, 1.807) is 0 Å². The topological polar surface area (TPSA) is 168 Å². The molecule has 4 unspecified atom stereocenters. The molecule has 0 radical (unpaired) electrons. The van der Waals surface area contributed by atoms with Crippen molar-refractivity contribution in [2.24, 2.45) is 5.73 Å². The lowest BCUT2D eigenvalue weighted by molar-refractivity contribution is -0.0250. The number of nitrogens with one attached hydrogen (secondary N) is 1. The van der Waals surface area contributed by atoms with Crippen molar-refractivity contribution in [3.8, 4) is 0 Å². The van der Waals surface area contributed by atoms with Crippen LogP contribution in [0.4, 0.5) is 5.82 Å². The Labute approximate surface area is 101 Å². The first-order chi connectivity index (χ1) is 8.45. The van der Waals surface area contributed by atoms with Crippen LogP contribution in [0.2, 0.25) is 0 Å². The molecule has 1 saturated heterocycles. The van der Waals surface area contributed by atoms with Crippen LogP contribution in [0.25, 0.3) is 0 Å². The Morgan fingerprint density at radius 1 is 1.44 bits per heavy atom. The Kier molecular flexibility index (Phi) is 3.22. The van der Waals surface area contributed by atoms with Crippen molar-refractivity contribution in [3.05, 3.63) is 11.5 Å². The predicted octanol–water partition coefficient (Wildman–Crippen LogP) is -2.76. The van der Waals surface area contributed by atoms with Crippen LogP contribution in [0.5, 0.6) is 0 Å². The zero-order valence-corrected chi connectivity index (χ0v) is 9.28. The SMILES string of the molecule is NC(=O)c1[nH]c(C2OC(CO)C(O)C2O)nc1N. The summed E-state index contributed by atoms with van der Waals surface area (Å²) >= 11 is 0. The number of hydrogen-bond donors (Lipinski definition) is 6. The zero-order chi connectivity index (χ0) is 13.4. The van der Waals surface area contributed by atoms with Gasteiger partial charge in [0.2, 0.25) is 0 Å². The fourth-order valence-corrected chi connectivity index (χ4v) is 1.85. The van der Waals surface area contributed by atoms with Crippen molar-refractivity contribution >= 4 is 11.7 Å². The second-order valence-corrected chi connectivity index (χ2v) is 4.01. The number of hydrogen-bond acceptors (Lipinski definition) is 7. The molecule has 18 heavy (non-hydrogen) atoms. The van der Waals surface area contributed by atoms with Crippen molar-refractivity contribution in [2.45, 2.75) is 24.4 Å². The van der Waals surface area contributed by atoms with Crippen LogP contribution in [-0.2, 0) is 4.74 Å². The van der Waals surface area contributed by atoms with Gasteiger partial charge in [0.1, 0.15) is 35.9 Å². The summed E-state index contributed by atoms with van der Waals surface area (Å²) in [5, 5.41) is 28.3. The van der Waals surface area contributed by atoms with Crippen LogP contribution >= 0.6 is 0 Å². The van der Waals surface area contributed by atoms with Crippen LogP contribution in [0, 0.1) is 0 Å². The molecule has 0 aromatic carbocycles. The van der Waals surface area contributed by atoms with E-state index < -0.39 is 36.9 Å². The van der Waals surface area contributed by atoms with Gasteiger partial charge in [-0.25, -0.2) is 4.98 Å². The Morgan fingerprint density at radius 3 is 2.56 bits per heavy atom. The molecule has 9 nitrogen and oxygen atoms in total. The van der Waals surface area contributed by atoms with E-state index in [4.69, 9.17) is 21.3 Å². The van der Waals surface area contributed by atoms with Gasteiger partial charge in [-0.05, 0) is 0 Å². The summed E-state index contributed by atoms with van der Waals surface area (Å²) in [5.41, 5.74) is 10.4. The van der Waals surface area contributed by atoms with Gasteiger partial charge in [-0.15, -0.1) is 0 Å². The number of carbonyl (C=O) groups excluding carboxylic acids is 1. The number of amides is 1. The Morgan fingerprint density at radius 2 is 2.11 bits per heavy atom. The molecule has 0 spiro atoms. The van der Waals surface area contributed by atoms with Crippen molar-refractivity contribution < 1.29 is 24.9 Å². The van der Waals surface area contributed by atoms with E-state index >= 15 is 0 Å². The van der Waals surface area contributed by atoms with E-state index in [2.05, 4.69) is 9.97 Å². The van der Waals surface area contributed by atoms with Gasteiger partial charge in [-0.2, -0.15) is 0 Å². The molecule has 2 rings (SSSR count). The number of aromatic nitrogens is 2. The van der Waals surface area contributed by atoms with Gasteiger partial charge in [0.15, 0.2) is 5.82 Å². The average Bonchev–Trinajstić information content (AvgIpc) is 2.82. The Balaban J connectivity index is 2.27. The molecular weight excluding hydrogens is 244 g/mol. The number of nitrogens with two attached hydrogens (primary N) is 2. The maximum absolute atomic E-state index is 11.0. The minimum Gasteiger partial charge on any atom is -0.394 e. The number of anilines is 1. The van der Waals surface area contributed by atoms with Gasteiger partial charge in [0.05, 0.1) is 6.61 Å². The second-order valence-electron chi connectivity index (χ2n) is 4.01. The Bertz CT molecular complexity index is 462. The number of aromatic amines is 1. The number of nitrogen functional groups attached to an aromatic ring is 1. The van der Waals surface area contributed by atoms with Gasteiger partial charge >= 0.3 is 0 Å². The summed E-state index contributed by atoms with van der Waals surface area (Å²) in [4.78, 5) is 17.3. The molecule has 1 aliphatic heterocycles. The number of imidazole rings is 1. The number of nitrogens with zero attached hydrogens (tertiary/aromatic N) is 1. The minimum atomic E-state index is -1.28. The fourth-order valence-electron chi connectivity index (χ4n) is 1.85. The van der Waals surface area contributed by atoms with E-state index in [9.17, 15) is 15.0 Å². The molecule has 1 aliphatic rings. The highest BCUT2D eigenvalue weighted by molar-refractivity contribution is 5.95. The lowest BCUT2D eigenvalue weighted by atomic mass is 10.1. The van der Waals surface area contributed by atoms with Gasteiger partial charge in [0.25, 0.3) is 5.91 Å². The molecule has 1 fully saturated rings. The molecule has 1 aromatic heterocycles. The average molecular weight is 258 g/mol. The molecule has 100 valence electrons. The van der Waals surface area contributed by atoms with Crippen molar-refractivity contribution in [1.82, 2.24) is 9.97 Å². The number of ether oxygens (including phenoxy) is 1. The predicted molar refractivity (Wildman–Crippen MR) is 58.2 cm³/mol. The minimum absolute atomic E-state index is 0.0730. The molecule has 0 bridgehead atoms. The molecule has 2 heterocycles. The third-order valence-electron chi connectivity index (χ3n) is 2.81. The third kappa shape index (κ3) is 1.93. The van der Waals surface area contributed by atoms with Gasteiger partial charge in [0, 0.05) is 0 Å². The molecule has 1 amide bonds. The third-order valence-corrected chi connectivity index (χ3v) is 2.81. The summed E-state index contributed by atoms with van der Waals surface area (Å²) < 4.78 is 5.22. The highest BCUT2D eigenvalue weighted by Crippen LogP contribution is 2.32. The Hall–Kier alpha value is -1.68. The summed E-state index contributed by atoms with van der Waals surface area (Å²) in [7, 11) is 0. The van der Waals surface area contributed by atoms with Crippen molar-refractivity contribution in [2.75, 3.05) is 12.3 Å². The number of aliphatic hydroxyl groups excluding tert-OH is 3. The van der Waals surface area contributed by atoms with E-state index in [-0.39, 0.29) is 17.3 Å². The lowest BCUT2D eigenvalue weighted by Gasteiger charge is -2.11. The number of carbonyl (C=O) groups is 1. The summed E-state index contributed by atoms with van der Waals surface area (Å²) in [5.74, 6) is -0.836. The van der Waals surface area contributed by atoms with Crippen LogP contribution in [0.3, 0.4) is 0 Å². The lowest BCUT2D eigenvalue weighted by Crippen LogP contribution is -2.32. The smallest absolute Gasteiger partial charge is 0.269 e. The fraction of sp³-hybridized carbons (Fsp3) is 0.556. The molecule has 8 N–H and O–H groups in total. The van der Waals surface area contributed by atoms with Crippen molar-refractivity contribution in [1.29, 1.82) is 0 Å². The first kappa shape index (κ1) is 12.8. The summed E-state index contributed by atoms with van der Waals surface area (Å²) in [6.07, 6.45) is -4.46. The molecule has 1 aromatic rings. The first-order valence-electron chi connectivity index (χ1n) is 5.23. The van der Waals surface area contributed by atoms with Gasteiger partial charge in [-0.3, -0.25) is 4.79 Å². The summed E-state index contributed by atoms with van der Waals surface area (Å²) in [6, 6.07) is 0. The number of rotatable bonds is 3. The van der Waals surface area contributed by atoms with Crippen LogP contribution in [0.1, 0.15) is 22.4 Å². The monoisotopic (exact) mass is 258 g/mol. The van der Waals surface area contributed by atoms with Gasteiger partial charge < -0.3 is 36.5 Å². The highest BCUT2D eigenvalue weighted by atomic mass is 16.6. The van der Waals surface area contributed by atoms with E-state index in [1.807, 2.05) is 0 Å². The van der Waals surface area contributed by atoms with Crippen LogP contribution < -0.4 is 11.5 Å². The zero-order valence-electron chi connectivity index (χ0n) is 9.28. The largest absolute Gasteiger partial charge is 0.394 e. The molecule has 4 atom stereocenters. The molecule has 0 saturated carbocycles. The molecule has 0 aliphatic carbocycles. The maximum Gasteiger partial charge on any atom is 0.269 e. The van der Waals surface area contributed by atoms with Crippen molar-refractivity contribution in [3.63, 3.8) is 0 Å². The standard InChI is InChI=1S/C9H14N4O5/c10-7-3(8(11)17)12-9(13-7)6-5(16)4(15)2(1-14)18-6/h2,4-6,14-16H,1,10H2,(H2,11,17)(H,12,13). The summed E-state index contributed by atoms with van der Waals surface area (Å²) in [6.45, 7) is -0.451.